The van der Waals surface area contributed by atoms with Crippen molar-refractivity contribution in [3.8, 4) is 0 Å². The van der Waals surface area contributed by atoms with Gasteiger partial charge in [-0.05, 0) is 12.8 Å². The van der Waals surface area contributed by atoms with Crippen LogP contribution in [0.2, 0.25) is 0 Å². The fourth-order valence-electron chi connectivity index (χ4n) is 2.73. The lowest BCUT2D eigenvalue weighted by Gasteiger charge is -2.32. The van der Waals surface area contributed by atoms with Crippen LogP contribution in [0.4, 0.5) is 0 Å². The Labute approximate surface area is 107 Å². The van der Waals surface area contributed by atoms with E-state index in [9.17, 15) is 14.7 Å². The Morgan fingerprint density at radius 2 is 1.67 bits per heavy atom. The van der Waals surface area contributed by atoms with Crippen LogP contribution in [0.5, 0.6) is 0 Å². The number of ketones is 1. The molecule has 1 fully saturated rings. The van der Waals surface area contributed by atoms with Gasteiger partial charge < -0.3 is 5.11 Å². The predicted molar refractivity (Wildman–Crippen MR) is 68.5 cm³/mol. The van der Waals surface area contributed by atoms with Crippen LogP contribution < -0.4 is 0 Å². The fourth-order valence-corrected chi connectivity index (χ4v) is 2.73. The number of Topliss-reactive ketones (excluding diaryl/α,β-unsaturated/α-hetero) is 1. The molecular weight excluding hydrogens is 228 g/mol. The second kappa shape index (κ2) is 5.34. The van der Waals surface area contributed by atoms with Crippen LogP contribution in [0.15, 0.2) is 30.3 Å². The summed E-state index contributed by atoms with van der Waals surface area (Å²) in [4.78, 5) is 23.7. The quantitative estimate of drug-likeness (QED) is 0.829. The van der Waals surface area contributed by atoms with E-state index in [1.807, 2.05) is 18.2 Å². The van der Waals surface area contributed by atoms with Gasteiger partial charge in [0.05, 0.1) is 5.41 Å². The first-order valence-corrected chi connectivity index (χ1v) is 6.46. The van der Waals surface area contributed by atoms with Crippen molar-refractivity contribution in [1.82, 2.24) is 0 Å². The van der Waals surface area contributed by atoms with Gasteiger partial charge in [0.25, 0.3) is 0 Å². The number of hydrogen-bond acceptors (Lipinski definition) is 2. The second-order valence-electron chi connectivity index (χ2n) is 5.11. The molecule has 2 rings (SSSR count). The monoisotopic (exact) mass is 246 g/mol. The summed E-state index contributed by atoms with van der Waals surface area (Å²) in [7, 11) is 0. The highest BCUT2D eigenvalue weighted by Gasteiger charge is 2.41. The molecule has 0 aromatic heterocycles. The van der Waals surface area contributed by atoms with Crippen LogP contribution >= 0.6 is 0 Å². The molecule has 0 amide bonds. The Kier molecular flexibility index (Phi) is 3.80. The van der Waals surface area contributed by atoms with E-state index in [-0.39, 0.29) is 12.2 Å². The normalized spacial score (nSPS) is 18.2. The molecular formula is C15H18O3. The molecule has 1 aliphatic carbocycles. The van der Waals surface area contributed by atoms with Gasteiger partial charge in [-0.1, -0.05) is 49.6 Å². The summed E-state index contributed by atoms with van der Waals surface area (Å²) in [5.41, 5.74) is -0.214. The predicted octanol–water partition coefficient (Wildman–Crippen LogP) is 3.29. The van der Waals surface area contributed by atoms with Crippen LogP contribution in [0, 0.1) is 5.41 Å². The van der Waals surface area contributed by atoms with E-state index >= 15 is 0 Å². The van der Waals surface area contributed by atoms with E-state index in [4.69, 9.17) is 0 Å². The molecule has 96 valence electrons. The molecule has 0 unspecified atom stereocenters. The maximum absolute atomic E-state index is 12.2. The summed E-state index contributed by atoms with van der Waals surface area (Å²) in [6.45, 7) is 0. The number of rotatable bonds is 4. The molecule has 1 aliphatic rings. The van der Waals surface area contributed by atoms with Crippen molar-refractivity contribution >= 4 is 11.8 Å². The summed E-state index contributed by atoms with van der Waals surface area (Å²) in [6.07, 6.45) is 4.28. The number of benzene rings is 1. The van der Waals surface area contributed by atoms with Crippen LogP contribution in [0.25, 0.3) is 0 Å². The van der Waals surface area contributed by atoms with Crippen molar-refractivity contribution in [2.75, 3.05) is 0 Å². The standard InChI is InChI=1S/C15H18O3/c16-13(12-7-3-1-4-8-12)11-15(14(17)18)9-5-2-6-10-15/h1,3-4,7-8H,2,5-6,9-11H2,(H,17,18). The zero-order chi connectivity index (χ0) is 13.0. The lowest BCUT2D eigenvalue weighted by atomic mass is 9.70. The highest BCUT2D eigenvalue weighted by molar-refractivity contribution is 5.98. The first-order chi connectivity index (χ1) is 8.64. The molecule has 18 heavy (non-hydrogen) atoms. The van der Waals surface area contributed by atoms with Gasteiger partial charge in [0.1, 0.15) is 0 Å². The van der Waals surface area contributed by atoms with Crippen molar-refractivity contribution in [2.45, 2.75) is 38.5 Å². The number of carbonyl (C=O) groups excluding carboxylic acids is 1. The van der Waals surface area contributed by atoms with E-state index < -0.39 is 11.4 Å². The summed E-state index contributed by atoms with van der Waals surface area (Å²) < 4.78 is 0. The molecule has 1 aromatic rings. The molecule has 1 aromatic carbocycles. The third kappa shape index (κ3) is 2.61. The maximum atomic E-state index is 12.2. The Bertz CT molecular complexity index is 430. The zero-order valence-electron chi connectivity index (χ0n) is 10.4. The minimum Gasteiger partial charge on any atom is -0.481 e. The summed E-state index contributed by atoms with van der Waals surface area (Å²) in [5.74, 6) is -0.869. The second-order valence-corrected chi connectivity index (χ2v) is 5.11. The van der Waals surface area contributed by atoms with E-state index in [0.29, 0.717) is 18.4 Å². The molecule has 0 bridgehead atoms. The molecule has 0 spiro atoms. The lowest BCUT2D eigenvalue weighted by molar-refractivity contribution is -0.150. The van der Waals surface area contributed by atoms with Crippen LogP contribution in [0.3, 0.4) is 0 Å². The summed E-state index contributed by atoms with van der Waals surface area (Å²) >= 11 is 0. The Hall–Kier alpha value is -1.64. The molecule has 0 saturated heterocycles. The minimum atomic E-state index is -0.828. The SMILES string of the molecule is O=C(CC1(C(=O)O)CCCCC1)c1ccccc1. The van der Waals surface area contributed by atoms with E-state index in [1.165, 1.54) is 0 Å². The van der Waals surface area contributed by atoms with Crippen LogP contribution in [-0.2, 0) is 4.79 Å². The third-order valence-electron chi connectivity index (χ3n) is 3.86. The van der Waals surface area contributed by atoms with Crippen molar-refractivity contribution in [3.05, 3.63) is 35.9 Å². The first-order valence-electron chi connectivity index (χ1n) is 6.46. The molecule has 0 radical (unpaired) electrons. The highest BCUT2D eigenvalue weighted by Crippen LogP contribution is 2.40. The van der Waals surface area contributed by atoms with Gasteiger partial charge in [0, 0.05) is 12.0 Å². The van der Waals surface area contributed by atoms with E-state index in [1.54, 1.807) is 12.1 Å². The van der Waals surface area contributed by atoms with Crippen molar-refractivity contribution in [3.63, 3.8) is 0 Å². The van der Waals surface area contributed by atoms with Gasteiger partial charge in [-0.15, -0.1) is 0 Å². The molecule has 0 aliphatic heterocycles. The minimum absolute atomic E-state index is 0.0556. The first kappa shape index (κ1) is 12.8. The Balaban J connectivity index is 2.15. The number of carbonyl (C=O) groups is 2. The summed E-state index contributed by atoms with van der Waals surface area (Å²) in [6, 6.07) is 8.97. The number of carboxylic acids is 1. The molecule has 3 heteroatoms. The number of aliphatic carboxylic acids is 1. The van der Waals surface area contributed by atoms with Gasteiger partial charge >= 0.3 is 5.97 Å². The van der Waals surface area contributed by atoms with Crippen LogP contribution in [-0.4, -0.2) is 16.9 Å². The fraction of sp³-hybridized carbons (Fsp3) is 0.467. The van der Waals surface area contributed by atoms with Gasteiger partial charge in [-0.2, -0.15) is 0 Å². The third-order valence-corrected chi connectivity index (χ3v) is 3.86. The maximum Gasteiger partial charge on any atom is 0.310 e. The van der Waals surface area contributed by atoms with Gasteiger partial charge in [0.15, 0.2) is 5.78 Å². The van der Waals surface area contributed by atoms with E-state index in [2.05, 4.69) is 0 Å². The highest BCUT2D eigenvalue weighted by atomic mass is 16.4. The molecule has 1 saturated carbocycles. The largest absolute Gasteiger partial charge is 0.481 e. The van der Waals surface area contributed by atoms with Crippen molar-refractivity contribution < 1.29 is 14.7 Å². The smallest absolute Gasteiger partial charge is 0.310 e. The summed E-state index contributed by atoms with van der Waals surface area (Å²) in [5, 5.41) is 9.43. The van der Waals surface area contributed by atoms with Crippen LogP contribution in [0.1, 0.15) is 48.9 Å². The molecule has 1 N–H and O–H groups in total. The number of carboxylic acid groups (broad SMARTS) is 1. The lowest BCUT2D eigenvalue weighted by Crippen LogP contribution is -2.35. The zero-order valence-corrected chi connectivity index (χ0v) is 10.4. The van der Waals surface area contributed by atoms with E-state index in [0.717, 1.165) is 19.3 Å². The van der Waals surface area contributed by atoms with Crippen molar-refractivity contribution in [2.24, 2.45) is 5.41 Å². The Morgan fingerprint density at radius 3 is 2.22 bits per heavy atom. The average molecular weight is 246 g/mol. The van der Waals surface area contributed by atoms with Crippen molar-refractivity contribution in [1.29, 1.82) is 0 Å². The average Bonchev–Trinajstić information content (AvgIpc) is 2.40. The number of hydrogen-bond donors (Lipinski definition) is 1. The topological polar surface area (TPSA) is 54.4 Å². The van der Waals surface area contributed by atoms with Gasteiger partial charge in [-0.3, -0.25) is 9.59 Å². The molecule has 3 nitrogen and oxygen atoms in total. The Morgan fingerprint density at radius 1 is 1.06 bits per heavy atom. The molecule has 0 atom stereocenters. The van der Waals surface area contributed by atoms with Gasteiger partial charge in [-0.25, -0.2) is 0 Å². The molecule has 0 heterocycles. The van der Waals surface area contributed by atoms with Gasteiger partial charge in [0.2, 0.25) is 0 Å².